The number of hydrogen-bond acceptors (Lipinski definition) is 9. The third kappa shape index (κ3) is 5.79. The molecule has 0 radical (unpaired) electrons. The zero-order valence-corrected chi connectivity index (χ0v) is 17.5. The van der Waals surface area contributed by atoms with Crippen molar-refractivity contribution in [2.75, 3.05) is 30.8 Å². The Hall–Kier alpha value is -2.90. The van der Waals surface area contributed by atoms with Gasteiger partial charge in [-0.2, -0.15) is 4.31 Å². The summed E-state index contributed by atoms with van der Waals surface area (Å²) in [4.78, 5) is 35.0. The van der Waals surface area contributed by atoms with E-state index in [1.807, 2.05) is 0 Å². The second-order valence-corrected chi connectivity index (χ2v) is 8.48. The number of anilines is 2. The first-order valence-corrected chi connectivity index (χ1v) is 10.5. The van der Waals surface area contributed by atoms with Gasteiger partial charge in [0, 0.05) is 31.2 Å². The summed E-state index contributed by atoms with van der Waals surface area (Å²) in [5.74, 6) is -1.70. The van der Waals surface area contributed by atoms with Gasteiger partial charge in [0.1, 0.15) is 0 Å². The minimum absolute atomic E-state index is 0.0476. The van der Waals surface area contributed by atoms with Gasteiger partial charge in [0.05, 0.1) is 18.0 Å². The number of carbonyl (C=O) groups is 3. The SMILES string of the molecule is CCOC(=O)c1nnsc1NC(=O)CN(C)S(=O)(=O)c1ccc(NC(C)=O)cc1. The third-order valence-electron chi connectivity index (χ3n) is 3.46. The van der Waals surface area contributed by atoms with Gasteiger partial charge in [-0.25, -0.2) is 13.2 Å². The summed E-state index contributed by atoms with van der Waals surface area (Å²) in [5.41, 5.74) is 0.297. The molecule has 2 rings (SSSR count). The first-order valence-electron chi connectivity index (χ1n) is 8.28. The Morgan fingerprint density at radius 1 is 1.17 bits per heavy atom. The van der Waals surface area contributed by atoms with E-state index in [0.29, 0.717) is 5.69 Å². The van der Waals surface area contributed by atoms with E-state index in [4.69, 9.17) is 4.74 Å². The number of carbonyl (C=O) groups excluding carboxylic acids is 3. The van der Waals surface area contributed by atoms with Crippen molar-refractivity contribution in [1.82, 2.24) is 13.9 Å². The monoisotopic (exact) mass is 441 g/mol. The van der Waals surface area contributed by atoms with E-state index in [-0.39, 0.29) is 28.1 Å². The lowest BCUT2D eigenvalue weighted by molar-refractivity contribution is -0.116. The van der Waals surface area contributed by atoms with Crippen molar-refractivity contribution in [3.8, 4) is 0 Å². The highest BCUT2D eigenvalue weighted by Gasteiger charge is 2.25. The maximum Gasteiger partial charge on any atom is 0.362 e. The van der Waals surface area contributed by atoms with Crippen molar-refractivity contribution < 1.29 is 27.5 Å². The second-order valence-electron chi connectivity index (χ2n) is 5.69. The number of esters is 1. The first-order chi connectivity index (χ1) is 13.6. The zero-order valence-electron chi connectivity index (χ0n) is 15.8. The summed E-state index contributed by atoms with van der Waals surface area (Å²) < 4.78 is 34.5. The lowest BCUT2D eigenvalue weighted by Crippen LogP contribution is -2.35. The van der Waals surface area contributed by atoms with E-state index in [1.165, 1.54) is 38.2 Å². The molecule has 1 aromatic heterocycles. The van der Waals surface area contributed by atoms with Crippen LogP contribution in [-0.2, 0) is 24.3 Å². The highest BCUT2D eigenvalue weighted by Crippen LogP contribution is 2.20. The van der Waals surface area contributed by atoms with E-state index in [0.717, 1.165) is 15.8 Å². The largest absolute Gasteiger partial charge is 0.461 e. The van der Waals surface area contributed by atoms with Crippen LogP contribution in [0.5, 0.6) is 0 Å². The topological polar surface area (TPSA) is 148 Å². The molecular weight excluding hydrogens is 422 g/mol. The molecule has 156 valence electrons. The molecule has 0 spiro atoms. The van der Waals surface area contributed by atoms with Gasteiger partial charge in [-0.1, -0.05) is 4.49 Å². The molecule has 0 atom stereocenters. The van der Waals surface area contributed by atoms with Crippen LogP contribution in [0.1, 0.15) is 24.3 Å². The number of nitrogens with one attached hydrogen (secondary N) is 2. The van der Waals surface area contributed by atoms with E-state index < -0.39 is 28.4 Å². The van der Waals surface area contributed by atoms with E-state index in [9.17, 15) is 22.8 Å². The van der Waals surface area contributed by atoms with Crippen LogP contribution in [0, 0.1) is 0 Å². The summed E-state index contributed by atoms with van der Waals surface area (Å²) in [7, 11) is -2.71. The van der Waals surface area contributed by atoms with Crippen molar-refractivity contribution in [3.05, 3.63) is 30.0 Å². The van der Waals surface area contributed by atoms with Gasteiger partial charge in [-0.15, -0.1) is 5.10 Å². The lowest BCUT2D eigenvalue weighted by atomic mass is 10.3. The number of likely N-dealkylation sites (N-methyl/N-ethyl adjacent to an activating group) is 1. The maximum absolute atomic E-state index is 12.6. The maximum atomic E-state index is 12.6. The molecule has 0 saturated heterocycles. The number of sulfonamides is 1. The molecule has 1 aromatic carbocycles. The number of aromatic nitrogens is 2. The molecule has 2 N–H and O–H groups in total. The standard InChI is InChI=1S/C16H19N5O6S2/c1-4-27-16(24)14-15(28-20-19-14)18-13(23)9-21(3)29(25,26)12-7-5-11(6-8-12)17-10(2)22/h5-8H,4,9H2,1-3H3,(H,17,22)(H,18,23). The molecule has 0 aliphatic carbocycles. The van der Waals surface area contributed by atoms with Crippen molar-refractivity contribution in [2.24, 2.45) is 0 Å². The third-order valence-corrected chi connectivity index (χ3v) is 5.92. The average molecular weight is 441 g/mol. The minimum atomic E-state index is -3.95. The van der Waals surface area contributed by atoms with E-state index in [2.05, 4.69) is 20.2 Å². The fourth-order valence-electron chi connectivity index (χ4n) is 2.15. The van der Waals surface area contributed by atoms with Crippen molar-refractivity contribution in [1.29, 1.82) is 0 Å². The predicted octanol–water partition coefficient (Wildman–Crippen LogP) is 0.932. The van der Waals surface area contributed by atoms with Crippen molar-refractivity contribution in [2.45, 2.75) is 18.7 Å². The lowest BCUT2D eigenvalue weighted by Gasteiger charge is -2.17. The predicted molar refractivity (Wildman–Crippen MR) is 105 cm³/mol. The normalized spacial score (nSPS) is 11.2. The Balaban J connectivity index is 2.06. The van der Waals surface area contributed by atoms with Crippen LogP contribution in [0.15, 0.2) is 29.2 Å². The van der Waals surface area contributed by atoms with Gasteiger partial charge in [-0.3, -0.25) is 9.59 Å². The number of amides is 2. The average Bonchev–Trinajstić information content (AvgIpc) is 3.09. The minimum Gasteiger partial charge on any atom is -0.461 e. The molecule has 0 unspecified atom stereocenters. The number of hydrogen-bond donors (Lipinski definition) is 2. The molecule has 29 heavy (non-hydrogen) atoms. The van der Waals surface area contributed by atoms with Crippen LogP contribution in [0.25, 0.3) is 0 Å². The number of benzene rings is 1. The van der Waals surface area contributed by atoms with Gasteiger partial charge in [0.25, 0.3) is 0 Å². The summed E-state index contributed by atoms with van der Waals surface area (Å²) in [6, 6.07) is 5.52. The molecule has 0 aliphatic heterocycles. The van der Waals surface area contributed by atoms with Gasteiger partial charge in [-0.05, 0) is 31.2 Å². The number of nitrogens with zero attached hydrogens (tertiary/aromatic N) is 3. The molecule has 2 amide bonds. The van der Waals surface area contributed by atoms with Gasteiger partial charge in [0.15, 0.2) is 5.00 Å². The highest BCUT2D eigenvalue weighted by atomic mass is 32.2. The quantitative estimate of drug-likeness (QED) is 0.575. The van der Waals surface area contributed by atoms with Gasteiger partial charge in [0.2, 0.25) is 27.5 Å². The Kier molecular flexibility index (Phi) is 7.36. The van der Waals surface area contributed by atoms with Gasteiger partial charge >= 0.3 is 5.97 Å². The van der Waals surface area contributed by atoms with Crippen LogP contribution >= 0.6 is 11.5 Å². The van der Waals surface area contributed by atoms with Crippen LogP contribution < -0.4 is 10.6 Å². The molecule has 0 bridgehead atoms. The van der Waals surface area contributed by atoms with Crippen LogP contribution in [0.2, 0.25) is 0 Å². The summed E-state index contributed by atoms with van der Waals surface area (Å²) in [5, 5.41) is 8.63. The van der Waals surface area contributed by atoms with Crippen LogP contribution in [0.3, 0.4) is 0 Å². The zero-order chi connectivity index (χ0) is 21.6. The molecule has 1 heterocycles. The Morgan fingerprint density at radius 2 is 1.83 bits per heavy atom. The molecule has 0 aliphatic rings. The Morgan fingerprint density at radius 3 is 2.41 bits per heavy atom. The van der Waals surface area contributed by atoms with Crippen molar-refractivity contribution in [3.63, 3.8) is 0 Å². The van der Waals surface area contributed by atoms with Crippen molar-refractivity contribution >= 4 is 50.0 Å². The molecule has 2 aromatic rings. The summed E-state index contributed by atoms with van der Waals surface area (Å²) in [6.45, 7) is 2.59. The van der Waals surface area contributed by atoms with E-state index >= 15 is 0 Å². The number of rotatable bonds is 8. The fraction of sp³-hybridized carbons (Fsp3) is 0.312. The Labute approximate surface area is 171 Å². The smallest absolute Gasteiger partial charge is 0.362 e. The second kappa shape index (κ2) is 9.54. The number of ether oxygens (including phenoxy) is 1. The molecule has 13 heteroatoms. The highest BCUT2D eigenvalue weighted by molar-refractivity contribution is 7.89. The summed E-state index contributed by atoms with van der Waals surface area (Å²) in [6.07, 6.45) is 0. The molecule has 0 saturated carbocycles. The Bertz CT molecular complexity index is 1000. The first kappa shape index (κ1) is 22.4. The molecular formula is C16H19N5O6S2. The summed E-state index contributed by atoms with van der Waals surface area (Å²) >= 11 is 0.773. The van der Waals surface area contributed by atoms with Gasteiger partial charge < -0.3 is 15.4 Å². The van der Waals surface area contributed by atoms with Crippen LogP contribution in [0.4, 0.5) is 10.7 Å². The molecule has 11 nitrogen and oxygen atoms in total. The van der Waals surface area contributed by atoms with E-state index in [1.54, 1.807) is 6.92 Å². The molecule has 0 fully saturated rings. The van der Waals surface area contributed by atoms with Crippen LogP contribution in [-0.4, -0.2) is 60.3 Å². The fourth-order valence-corrected chi connectivity index (χ4v) is 3.85.